The van der Waals surface area contributed by atoms with E-state index in [0.717, 1.165) is 19.3 Å². The molecule has 1 unspecified atom stereocenters. The molecule has 0 bridgehead atoms. The van der Waals surface area contributed by atoms with Gasteiger partial charge in [0.2, 0.25) is 16.1 Å². The average molecular weight is 288 g/mol. The highest BCUT2D eigenvalue weighted by molar-refractivity contribution is 7.89. The highest BCUT2D eigenvalue weighted by Gasteiger charge is 2.31. The zero-order chi connectivity index (χ0) is 14.5. The molecule has 0 saturated carbocycles. The first-order valence-corrected chi connectivity index (χ1v) is 8.44. The van der Waals surface area contributed by atoms with Crippen LogP contribution in [0.4, 0.5) is 0 Å². The second kappa shape index (κ2) is 6.64. The number of nitrogens with zero attached hydrogens (tertiary/aromatic N) is 2. The number of rotatable bonds is 4. The maximum Gasteiger partial charge on any atom is 0.236 e. The average Bonchev–Trinajstić information content (AvgIpc) is 2.52. The highest BCUT2D eigenvalue weighted by Crippen LogP contribution is 2.24. The molecule has 6 heteroatoms. The molecular formula is C13H24N2O3S. The second-order valence-electron chi connectivity index (χ2n) is 6.29. The van der Waals surface area contributed by atoms with Crippen LogP contribution in [0.15, 0.2) is 4.99 Å². The highest BCUT2D eigenvalue weighted by atomic mass is 32.2. The quantitative estimate of drug-likeness (QED) is 0.589. The molecule has 1 atom stereocenters. The van der Waals surface area contributed by atoms with Gasteiger partial charge in [0.15, 0.2) is 0 Å². The molecule has 1 saturated heterocycles. The predicted molar refractivity (Wildman–Crippen MR) is 74.9 cm³/mol. The maximum absolute atomic E-state index is 12.4. The molecule has 1 heterocycles. The van der Waals surface area contributed by atoms with Crippen molar-refractivity contribution in [2.24, 2.45) is 10.4 Å². The maximum atomic E-state index is 12.4. The Hall–Kier alpha value is -0.710. The van der Waals surface area contributed by atoms with Crippen LogP contribution >= 0.6 is 0 Å². The van der Waals surface area contributed by atoms with Gasteiger partial charge in [-0.05, 0) is 31.1 Å². The summed E-state index contributed by atoms with van der Waals surface area (Å²) in [5.74, 6) is 0.112. The Labute approximate surface area is 116 Å². The normalized spacial score (nSPS) is 22.6. The molecular weight excluding hydrogens is 264 g/mol. The smallest absolute Gasteiger partial charge is 0.212 e. The number of aliphatic imine (C=N–C) groups is 1. The Morgan fingerprint density at radius 1 is 1.26 bits per heavy atom. The number of sulfonamides is 1. The van der Waals surface area contributed by atoms with E-state index in [9.17, 15) is 13.2 Å². The Morgan fingerprint density at radius 2 is 1.95 bits per heavy atom. The standard InChI is InChI=1S/C13H24N2O3S/c1-13(2,3)8-10-19(17,18)15-9-6-4-5-7-12(15)14-11-16/h12H,4-10H2,1-3H3. The summed E-state index contributed by atoms with van der Waals surface area (Å²) in [6.45, 7) is 6.52. The first-order chi connectivity index (χ1) is 8.76. The Morgan fingerprint density at radius 3 is 2.53 bits per heavy atom. The monoisotopic (exact) mass is 288 g/mol. The van der Waals surface area contributed by atoms with E-state index in [2.05, 4.69) is 4.99 Å². The van der Waals surface area contributed by atoms with E-state index in [0.29, 0.717) is 19.4 Å². The molecule has 0 aromatic carbocycles. The van der Waals surface area contributed by atoms with Crippen LogP contribution in [-0.4, -0.2) is 37.3 Å². The lowest BCUT2D eigenvalue weighted by molar-refractivity contribution is 0.324. The molecule has 0 radical (unpaired) electrons. The molecule has 0 aromatic rings. The van der Waals surface area contributed by atoms with Crippen LogP contribution in [0.3, 0.4) is 0 Å². The summed E-state index contributed by atoms with van der Waals surface area (Å²) in [5, 5.41) is 0. The SMILES string of the molecule is CC(C)(C)CCS(=O)(=O)N1CCCCCC1N=C=O. The van der Waals surface area contributed by atoms with Crippen molar-refractivity contribution < 1.29 is 13.2 Å². The molecule has 1 aliphatic rings. The fraction of sp³-hybridized carbons (Fsp3) is 0.923. The Bertz CT molecular complexity index is 433. The van der Waals surface area contributed by atoms with Crippen LogP contribution in [0.5, 0.6) is 0 Å². The van der Waals surface area contributed by atoms with Gasteiger partial charge in [-0.2, -0.15) is 9.30 Å². The number of isocyanates is 1. The fourth-order valence-corrected chi connectivity index (χ4v) is 4.17. The van der Waals surface area contributed by atoms with Crippen molar-refractivity contribution in [2.45, 2.75) is 59.0 Å². The van der Waals surface area contributed by atoms with Crippen LogP contribution < -0.4 is 0 Å². The summed E-state index contributed by atoms with van der Waals surface area (Å²) in [5.41, 5.74) is -0.0255. The van der Waals surface area contributed by atoms with Gasteiger partial charge in [0.05, 0.1) is 5.75 Å². The van der Waals surface area contributed by atoms with Crippen molar-refractivity contribution in [3.8, 4) is 0 Å². The third kappa shape index (κ3) is 5.43. The molecule has 0 amide bonds. The molecule has 0 aromatic heterocycles. The van der Waals surface area contributed by atoms with Gasteiger partial charge in [-0.15, -0.1) is 0 Å². The van der Waals surface area contributed by atoms with Crippen molar-refractivity contribution in [1.29, 1.82) is 0 Å². The van der Waals surface area contributed by atoms with E-state index >= 15 is 0 Å². The summed E-state index contributed by atoms with van der Waals surface area (Å²) in [4.78, 5) is 14.1. The van der Waals surface area contributed by atoms with E-state index in [1.165, 1.54) is 10.4 Å². The van der Waals surface area contributed by atoms with Gasteiger partial charge >= 0.3 is 0 Å². The lowest BCUT2D eigenvalue weighted by Crippen LogP contribution is -2.40. The first kappa shape index (κ1) is 16.3. The van der Waals surface area contributed by atoms with Crippen molar-refractivity contribution in [3.63, 3.8) is 0 Å². The fourth-order valence-electron chi connectivity index (χ4n) is 2.13. The third-order valence-corrected chi connectivity index (χ3v) is 5.20. The lowest BCUT2D eigenvalue weighted by Gasteiger charge is -2.27. The molecule has 1 aliphatic heterocycles. The van der Waals surface area contributed by atoms with E-state index in [1.807, 2.05) is 20.8 Å². The Kier molecular flexibility index (Phi) is 5.71. The van der Waals surface area contributed by atoms with Crippen molar-refractivity contribution in [1.82, 2.24) is 4.31 Å². The van der Waals surface area contributed by atoms with Gasteiger partial charge in [-0.1, -0.05) is 27.2 Å². The minimum atomic E-state index is -3.35. The first-order valence-electron chi connectivity index (χ1n) is 6.83. The zero-order valence-corrected chi connectivity index (χ0v) is 12.9. The van der Waals surface area contributed by atoms with Gasteiger partial charge in [0.25, 0.3) is 0 Å². The van der Waals surface area contributed by atoms with Crippen LogP contribution in [-0.2, 0) is 14.8 Å². The summed E-state index contributed by atoms with van der Waals surface area (Å²) in [7, 11) is -3.35. The summed E-state index contributed by atoms with van der Waals surface area (Å²) >= 11 is 0. The Balaban J connectivity index is 2.85. The molecule has 1 fully saturated rings. The minimum Gasteiger partial charge on any atom is -0.212 e. The van der Waals surface area contributed by atoms with Crippen LogP contribution in [0.25, 0.3) is 0 Å². The van der Waals surface area contributed by atoms with E-state index in [-0.39, 0.29) is 11.2 Å². The van der Waals surface area contributed by atoms with Crippen LogP contribution in [0, 0.1) is 5.41 Å². The summed E-state index contributed by atoms with van der Waals surface area (Å²) in [6.07, 6.45) is 4.89. The van der Waals surface area contributed by atoms with E-state index in [1.54, 1.807) is 0 Å². The molecule has 0 N–H and O–H groups in total. The number of hydrogen-bond acceptors (Lipinski definition) is 4. The molecule has 0 spiro atoms. The van der Waals surface area contributed by atoms with E-state index < -0.39 is 16.2 Å². The van der Waals surface area contributed by atoms with Crippen molar-refractivity contribution in [3.05, 3.63) is 0 Å². The third-order valence-electron chi connectivity index (χ3n) is 3.34. The van der Waals surface area contributed by atoms with Gasteiger partial charge in [-0.25, -0.2) is 13.2 Å². The van der Waals surface area contributed by atoms with Crippen LogP contribution in [0.1, 0.15) is 52.9 Å². The topological polar surface area (TPSA) is 66.8 Å². The second-order valence-corrected chi connectivity index (χ2v) is 8.33. The summed E-state index contributed by atoms with van der Waals surface area (Å²) < 4.78 is 26.2. The van der Waals surface area contributed by atoms with Gasteiger partial charge in [-0.3, -0.25) is 0 Å². The van der Waals surface area contributed by atoms with Crippen LogP contribution in [0.2, 0.25) is 0 Å². The predicted octanol–water partition coefficient (Wildman–Crippen LogP) is 2.29. The van der Waals surface area contributed by atoms with E-state index in [4.69, 9.17) is 0 Å². The van der Waals surface area contributed by atoms with Gasteiger partial charge in [0.1, 0.15) is 6.17 Å². The molecule has 110 valence electrons. The summed E-state index contributed by atoms with van der Waals surface area (Å²) in [6, 6.07) is 0. The molecule has 1 rings (SSSR count). The molecule has 5 nitrogen and oxygen atoms in total. The van der Waals surface area contributed by atoms with Gasteiger partial charge in [0, 0.05) is 6.54 Å². The molecule has 0 aliphatic carbocycles. The zero-order valence-electron chi connectivity index (χ0n) is 12.1. The largest absolute Gasteiger partial charge is 0.236 e. The number of hydrogen-bond donors (Lipinski definition) is 0. The van der Waals surface area contributed by atoms with Crippen molar-refractivity contribution >= 4 is 16.1 Å². The lowest BCUT2D eigenvalue weighted by atomic mass is 9.94. The van der Waals surface area contributed by atoms with Gasteiger partial charge < -0.3 is 0 Å². The minimum absolute atomic E-state index is 0.0255. The van der Waals surface area contributed by atoms with Crippen molar-refractivity contribution in [2.75, 3.05) is 12.3 Å². The number of carbonyl (C=O) groups excluding carboxylic acids is 1. The molecule has 19 heavy (non-hydrogen) atoms.